The Labute approximate surface area is 126 Å². The summed E-state index contributed by atoms with van der Waals surface area (Å²) in [6.45, 7) is 0. The van der Waals surface area contributed by atoms with Crippen molar-refractivity contribution in [2.75, 3.05) is 4.72 Å². The van der Waals surface area contributed by atoms with Crippen molar-refractivity contribution in [3.05, 3.63) is 34.2 Å². The number of carbonyl (C=O) groups is 1. The summed E-state index contributed by atoms with van der Waals surface area (Å²) in [5.41, 5.74) is -0.737. The molecule has 2 rings (SSSR count). The number of rotatable bonds is 4. The van der Waals surface area contributed by atoms with Crippen LogP contribution in [0.1, 0.15) is 10.4 Å². The topological polar surface area (TPSA) is 114 Å². The van der Waals surface area contributed by atoms with Crippen LogP contribution in [0.3, 0.4) is 0 Å². The molecule has 112 valence electrons. The largest absolute Gasteiger partial charge is 0.478 e. The van der Waals surface area contributed by atoms with Gasteiger partial charge < -0.3 is 5.11 Å². The van der Waals surface area contributed by atoms with Crippen LogP contribution < -0.4 is 4.72 Å². The molecule has 0 bridgehead atoms. The lowest BCUT2D eigenvalue weighted by molar-refractivity contribution is 0.0697. The number of benzene rings is 1. The van der Waals surface area contributed by atoms with Gasteiger partial charge in [-0.05, 0) is 34.1 Å². The van der Waals surface area contributed by atoms with Crippen LogP contribution in [0, 0.1) is 5.82 Å². The van der Waals surface area contributed by atoms with E-state index in [1.54, 1.807) is 0 Å². The van der Waals surface area contributed by atoms with Crippen molar-refractivity contribution in [2.24, 2.45) is 7.05 Å². The highest BCUT2D eigenvalue weighted by molar-refractivity contribution is 9.10. The predicted molar refractivity (Wildman–Crippen MR) is 72.9 cm³/mol. The van der Waals surface area contributed by atoms with Gasteiger partial charge in [0.05, 0.1) is 11.3 Å². The van der Waals surface area contributed by atoms with Gasteiger partial charge in [0.25, 0.3) is 10.0 Å². The summed E-state index contributed by atoms with van der Waals surface area (Å²) in [5, 5.41) is 15.5. The van der Waals surface area contributed by atoms with E-state index in [0.29, 0.717) is 0 Å². The third-order valence-corrected chi connectivity index (χ3v) is 4.70. The standard InChI is InChI=1S/C10H8BrFN4O4S/c1-16-9(8(11)13-15-16)21(19,20)14-7-4-5(10(17)18)2-3-6(7)12/h2-4,14H,1H3,(H,17,18). The third kappa shape index (κ3) is 3.03. The minimum Gasteiger partial charge on any atom is -0.478 e. The number of halogens is 2. The second kappa shape index (κ2) is 5.41. The molecular formula is C10H8BrFN4O4S. The van der Waals surface area contributed by atoms with Crippen LogP contribution in [-0.4, -0.2) is 34.5 Å². The molecule has 0 atom stereocenters. The van der Waals surface area contributed by atoms with Crippen molar-refractivity contribution in [3.8, 4) is 0 Å². The highest BCUT2D eigenvalue weighted by Crippen LogP contribution is 2.23. The molecule has 0 aliphatic heterocycles. The van der Waals surface area contributed by atoms with Gasteiger partial charge >= 0.3 is 5.97 Å². The molecule has 0 saturated carbocycles. The first-order valence-electron chi connectivity index (χ1n) is 5.33. The Bertz CT molecular complexity index is 801. The van der Waals surface area contributed by atoms with Gasteiger partial charge in [-0.2, -0.15) is 8.42 Å². The number of carboxylic acids is 1. The maximum atomic E-state index is 13.6. The number of aromatic carboxylic acids is 1. The number of nitrogens with zero attached hydrogens (tertiary/aromatic N) is 3. The molecule has 1 aromatic carbocycles. The number of aromatic nitrogens is 3. The summed E-state index contributed by atoms with van der Waals surface area (Å²) in [5.74, 6) is -2.21. The maximum absolute atomic E-state index is 13.6. The van der Waals surface area contributed by atoms with Gasteiger partial charge in [0, 0.05) is 7.05 Å². The Hall–Kier alpha value is -2.01. The smallest absolute Gasteiger partial charge is 0.335 e. The molecule has 8 nitrogen and oxygen atoms in total. The highest BCUT2D eigenvalue weighted by atomic mass is 79.9. The van der Waals surface area contributed by atoms with E-state index in [2.05, 4.69) is 26.2 Å². The van der Waals surface area contributed by atoms with Gasteiger partial charge in [-0.3, -0.25) is 4.72 Å². The van der Waals surface area contributed by atoms with Gasteiger partial charge in [0.15, 0.2) is 4.60 Å². The molecule has 0 aliphatic rings. The first-order valence-corrected chi connectivity index (χ1v) is 7.61. The minimum absolute atomic E-state index is 0.0488. The summed E-state index contributed by atoms with van der Waals surface area (Å²) < 4.78 is 40.9. The van der Waals surface area contributed by atoms with Gasteiger partial charge in [-0.25, -0.2) is 13.9 Å². The zero-order valence-electron chi connectivity index (χ0n) is 10.4. The Kier molecular flexibility index (Phi) is 3.96. The predicted octanol–water partition coefficient (Wildman–Crippen LogP) is 1.22. The number of anilines is 1. The van der Waals surface area contributed by atoms with E-state index in [-0.39, 0.29) is 15.2 Å². The summed E-state index contributed by atoms with van der Waals surface area (Å²) in [6, 6.07) is 2.77. The summed E-state index contributed by atoms with van der Waals surface area (Å²) in [6.07, 6.45) is 0. The highest BCUT2D eigenvalue weighted by Gasteiger charge is 2.25. The number of hydrogen-bond acceptors (Lipinski definition) is 5. The average molecular weight is 379 g/mol. The Morgan fingerprint density at radius 3 is 2.67 bits per heavy atom. The lowest BCUT2D eigenvalue weighted by Gasteiger charge is -2.09. The Morgan fingerprint density at radius 2 is 2.14 bits per heavy atom. The quantitative estimate of drug-likeness (QED) is 0.826. The second-order valence-corrected chi connectivity index (χ2v) is 6.26. The van der Waals surface area contributed by atoms with Gasteiger partial charge in [0.2, 0.25) is 5.03 Å². The molecule has 0 aliphatic carbocycles. The lowest BCUT2D eigenvalue weighted by Crippen LogP contribution is -2.18. The second-order valence-electron chi connectivity index (χ2n) is 3.91. The average Bonchev–Trinajstić information content (AvgIpc) is 2.71. The molecule has 1 heterocycles. The number of hydrogen-bond donors (Lipinski definition) is 2. The molecule has 0 saturated heterocycles. The Balaban J connectivity index is 2.46. The summed E-state index contributed by atoms with van der Waals surface area (Å²) >= 11 is 2.92. The fourth-order valence-corrected chi connectivity index (χ4v) is 3.69. The summed E-state index contributed by atoms with van der Waals surface area (Å²) in [7, 11) is -2.84. The van der Waals surface area contributed by atoms with E-state index in [0.717, 1.165) is 22.9 Å². The van der Waals surface area contributed by atoms with Gasteiger partial charge in [-0.1, -0.05) is 5.21 Å². The molecule has 0 unspecified atom stereocenters. The van der Waals surface area contributed by atoms with E-state index in [4.69, 9.17) is 5.11 Å². The fourth-order valence-electron chi connectivity index (χ4n) is 1.54. The van der Waals surface area contributed by atoms with Crippen LogP contribution in [-0.2, 0) is 17.1 Å². The first-order chi connectivity index (χ1) is 9.72. The molecule has 0 radical (unpaired) electrons. The van der Waals surface area contributed by atoms with E-state index >= 15 is 0 Å². The van der Waals surface area contributed by atoms with Crippen molar-refractivity contribution in [1.82, 2.24) is 15.0 Å². The van der Waals surface area contributed by atoms with Gasteiger partial charge in [-0.15, -0.1) is 5.10 Å². The first kappa shape index (κ1) is 15.4. The molecule has 1 aromatic heterocycles. The molecule has 0 amide bonds. The van der Waals surface area contributed by atoms with E-state index in [1.807, 2.05) is 4.72 Å². The fraction of sp³-hybridized carbons (Fsp3) is 0.100. The minimum atomic E-state index is -4.19. The van der Waals surface area contributed by atoms with Crippen LogP contribution in [0.25, 0.3) is 0 Å². The molecule has 0 spiro atoms. The van der Waals surface area contributed by atoms with Crippen molar-refractivity contribution >= 4 is 37.6 Å². The SMILES string of the molecule is Cn1nnc(Br)c1S(=O)(=O)Nc1cc(C(=O)O)ccc1F. The normalized spacial score (nSPS) is 11.4. The van der Waals surface area contributed by atoms with Crippen LogP contribution >= 0.6 is 15.9 Å². The van der Waals surface area contributed by atoms with Crippen molar-refractivity contribution in [1.29, 1.82) is 0 Å². The zero-order chi connectivity index (χ0) is 15.8. The maximum Gasteiger partial charge on any atom is 0.335 e. The number of sulfonamides is 1. The Morgan fingerprint density at radius 1 is 1.48 bits per heavy atom. The molecular weight excluding hydrogens is 371 g/mol. The molecule has 0 fully saturated rings. The molecule has 2 aromatic rings. The summed E-state index contributed by atoms with van der Waals surface area (Å²) in [4.78, 5) is 10.8. The van der Waals surface area contributed by atoms with Crippen molar-refractivity contribution < 1.29 is 22.7 Å². The lowest BCUT2D eigenvalue weighted by atomic mass is 10.2. The zero-order valence-corrected chi connectivity index (χ0v) is 12.8. The van der Waals surface area contributed by atoms with Crippen molar-refractivity contribution in [2.45, 2.75) is 5.03 Å². The number of nitrogens with one attached hydrogen (secondary N) is 1. The van der Waals surface area contributed by atoms with E-state index < -0.39 is 27.5 Å². The molecule has 11 heteroatoms. The monoisotopic (exact) mass is 378 g/mol. The molecule has 21 heavy (non-hydrogen) atoms. The van der Waals surface area contributed by atoms with Crippen LogP contribution in [0.5, 0.6) is 0 Å². The number of aryl methyl sites for hydroxylation is 1. The van der Waals surface area contributed by atoms with Crippen LogP contribution in [0.2, 0.25) is 0 Å². The van der Waals surface area contributed by atoms with Gasteiger partial charge in [0.1, 0.15) is 5.82 Å². The van der Waals surface area contributed by atoms with E-state index in [1.165, 1.54) is 7.05 Å². The third-order valence-electron chi connectivity index (χ3n) is 2.45. The van der Waals surface area contributed by atoms with Crippen LogP contribution in [0.15, 0.2) is 27.8 Å². The molecule has 2 N–H and O–H groups in total. The van der Waals surface area contributed by atoms with Crippen LogP contribution in [0.4, 0.5) is 10.1 Å². The number of carboxylic acid groups (broad SMARTS) is 1. The van der Waals surface area contributed by atoms with Crippen molar-refractivity contribution in [3.63, 3.8) is 0 Å². The van der Waals surface area contributed by atoms with E-state index in [9.17, 15) is 17.6 Å².